The number of furan rings is 1. The van der Waals surface area contributed by atoms with Gasteiger partial charge in [0.1, 0.15) is 0 Å². The average Bonchev–Trinajstić information content (AvgIpc) is 3.38. The number of anilines is 1. The van der Waals surface area contributed by atoms with Crippen LogP contribution in [0.15, 0.2) is 59.5 Å². The van der Waals surface area contributed by atoms with E-state index in [1.165, 1.54) is 0 Å². The van der Waals surface area contributed by atoms with Crippen LogP contribution in [0, 0.1) is 0 Å². The number of nitrogens with two attached hydrogens (primary N) is 2. The van der Waals surface area contributed by atoms with Crippen molar-refractivity contribution >= 4 is 17.5 Å². The Balaban J connectivity index is 1.69. The molecule has 0 saturated carbocycles. The summed E-state index contributed by atoms with van der Waals surface area (Å²) in [6, 6.07) is 11.6. The Morgan fingerprint density at radius 2 is 1.72 bits per heavy atom. The van der Waals surface area contributed by atoms with Gasteiger partial charge in [0.25, 0.3) is 0 Å². The topological polar surface area (TPSA) is 111 Å². The summed E-state index contributed by atoms with van der Waals surface area (Å²) in [5.41, 5.74) is 15.0. The van der Waals surface area contributed by atoms with Crippen LogP contribution in [0.5, 0.6) is 0 Å². The Morgan fingerprint density at radius 1 is 1.00 bits per heavy atom. The van der Waals surface area contributed by atoms with Gasteiger partial charge < -0.3 is 25.4 Å². The zero-order valence-electron chi connectivity index (χ0n) is 16.0. The van der Waals surface area contributed by atoms with Gasteiger partial charge in [0.2, 0.25) is 11.8 Å². The highest BCUT2D eigenvalue weighted by atomic mass is 16.3. The summed E-state index contributed by atoms with van der Waals surface area (Å²) < 4.78 is 7.20. The molecule has 1 aliphatic rings. The number of rotatable bonds is 6. The lowest BCUT2D eigenvalue weighted by molar-refractivity contribution is -0.119. The number of carbonyl (C=O) groups is 2. The van der Waals surface area contributed by atoms with Crippen LogP contribution in [0.2, 0.25) is 0 Å². The Kier molecular flexibility index (Phi) is 5.09. The lowest BCUT2D eigenvalue weighted by Crippen LogP contribution is -2.49. The van der Waals surface area contributed by atoms with Gasteiger partial charge in [-0.3, -0.25) is 14.5 Å². The maximum Gasteiger partial charge on any atom is 0.250 e. The molecule has 1 fully saturated rings. The molecule has 29 heavy (non-hydrogen) atoms. The summed E-state index contributed by atoms with van der Waals surface area (Å²) in [6.07, 6.45) is 5.00. The van der Waals surface area contributed by atoms with Gasteiger partial charge >= 0.3 is 0 Å². The second kappa shape index (κ2) is 7.84. The van der Waals surface area contributed by atoms with Crippen molar-refractivity contribution in [2.45, 2.75) is 0 Å². The lowest BCUT2D eigenvalue weighted by Gasteiger charge is -2.36. The molecule has 1 aromatic carbocycles. The molecule has 150 valence electrons. The van der Waals surface area contributed by atoms with E-state index in [0.29, 0.717) is 5.56 Å². The van der Waals surface area contributed by atoms with Gasteiger partial charge in [-0.25, -0.2) is 0 Å². The first-order valence-electron chi connectivity index (χ1n) is 9.42. The van der Waals surface area contributed by atoms with Crippen LogP contribution in [0.4, 0.5) is 5.69 Å². The average molecular weight is 393 g/mol. The second-order valence-corrected chi connectivity index (χ2v) is 7.08. The van der Waals surface area contributed by atoms with Crippen molar-refractivity contribution in [3.05, 3.63) is 60.7 Å². The third-order valence-electron chi connectivity index (χ3n) is 5.16. The van der Waals surface area contributed by atoms with Gasteiger partial charge in [-0.15, -0.1) is 0 Å². The molecule has 0 atom stereocenters. The SMILES string of the molecule is NC(=O)CN1CCN(c2ccccc2-n2cc(C(N)=O)cc2-c2ccoc2)CC1. The number of para-hydroxylation sites is 2. The first-order valence-corrected chi connectivity index (χ1v) is 9.42. The molecule has 3 aromatic rings. The minimum absolute atomic E-state index is 0.277. The number of nitrogens with zero attached hydrogens (tertiary/aromatic N) is 3. The van der Waals surface area contributed by atoms with Crippen LogP contribution in [-0.4, -0.2) is 54.0 Å². The van der Waals surface area contributed by atoms with E-state index >= 15 is 0 Å². The highest BCUT2D eigenvalue weighted by Crippen LogP contribution is 2.32. The number of aromatic nitrogens is 1. The Labute approximate surface area is 168 Å². The van der Waals surface area contributed by atoms with Gasteiger partial charge in [0, 0.05) is 37.9 Å². The van der Waals surface area contributed by atoms with Crippen LogP contribution in [0.3, 0.4) is 0 Å². The molecule has 8 nitrogen and oxygen atoms in total. The fourth-order valence-electron chi connectivity index (χ4n) is 3.73. The maximum absolute atomic E-state index is 11.8. The lowest BCUT2D eigenvalue weighted by atomic mass is 10.2. The number of benzene rings is 1. The zero-order chi connectivity index (χ0) is 20.4. The van der Waals surface area contributed by atoms with Crippen LogP contribution in [0.25, 0.3) is 16.9 Å². The zero-order valence-corrected chi connectivity index (χ0v) is 16.0. The third-order valence-corrected chi connectivity index (χ3v) is 5.16. The standard InChI is InChI=1S/C21H23N5O3/c22-20(27)13-24-6-8-25(9-7-24)17-3-1-2-4-18(17)26-12-16(21(23)28)11-19(26)15-5-10-29-14-15/h1-5,10-12,14H,6-9,13H2,(H2,22,27)(H2,23,28). The van der Waals surface area contributed by atoms with E-state index in [1.807, 2.05) is 28.8 Å². The van der Waals surface area contributed by atoms with E-state index in [0.717, 1.165) is 48.8 Å². The third kappa shape index (κ3) is 3.88. The number of amides is 2. The molecule has 3 heterocycles. The molecule has 2 amide bonds. The molecule has 0 unspecified atom stereocenters. The minimum atomic E-state index is -0.481. The predicted octanol–water partition coefficient (Wildman–Crippen LogP) is 1.44. The fourth-order valence-corrected chi connectivity index (χ4v) is 3.73. The van der Waals surface area contributed by atoms with Gasteiger partial charge in [-0.1, -0.05) is 12.1 Å². The van der Waals surface area contributed by atoms with E-state index in [1.54, 1.807) is 24.8 Å². The molecule has 1 saturated heterocycles. The van der Waals surface area contributed by atoms with Crippen molar-refractivity contribution < 1.29 is 14.0 Å². The number of carbonyl (C=O) groups excluding carboxylic acids is 2. The Bertz CT molecular complexity index is 1020. The molecule has 0 bridgehead atoms. The molecule has 8 heteroatoms. The number of hydrogen-bond acceptors (Lipinski definition) is 5. The normalized spacial score (nSPS) is 14.8. The van der Waals surface area contributed by atoms with E-state index < -0.39 is 5.91 Å². The first kappa shape index (κ1) is 18.8. The predicted molar refractivity (Wildman–Crippen MR) is 110 cm³/mol. The van der Waals surface area contributed by atoms with E-state index in [2.05, 4.69) is 15.9 Å². The van der Waals surface area contributed by atoms with Gasteiger partial charge in [-0.2, -0.15) is 0 Å². The van der Waals surface area contributed by atoms with Crippen molar-refractivity contribution in [1.82, 2.24) is 9.47 Å². The number of primary amides is 2. The Morgan fingerprint density at radius 3 is 2.34 bits per heavy atom. The van der Waals surface area contributed by atoms with Crippen molar-refractivity contribution in [1.29, 1.82) is 0 Å². The molecule has 0 aliphatic carbocycles. The van der Waals surface area contributed by atoms with E-state index in [9.17, 15) is 9.59 Å². The Hall–Kier alpha value is -3.52. The van der Waals surface area contributed by atoms with Crippen molar-refractivity contribution in [2.24, 2.45) is 11.5 Å². The van der Waals surface area contributed by atoms with Crippen molar-refractivity contribution in [2.75, 3.05) is 37.6 Å². The van der Waals surface area contributed by atoms with Crippen molar-refractivity contribution in [3.63, 3.8) is 0 Å². The van der Waals surface area contributed by atoms with E-state index in [-0.39, 0.29) is 12.5 Å². The first-order chi connectivity index (χ1) is 14.0. The maximum atomic E-state index is 11.8. The highest BCUT2D eigenvalue weighted by Gasteiger charge is 2.22. The smallest absolute Gasteiger partial charge is 0.250 e. The quantitative estimate of drug-likeness (QED) is 0.658. The van der Waals surface area contributed by atoms with Crippen LogP contribution >= 0.6 is 0 Å². The van der Waals surface area contributed by atoms with E-state index in [4.69, 9.17) is 15.9 Å². The summed E-state index contributed by atoms with van der Waals surface area (Å²) in [5, 5.41) is 0. The second-order valence-electron chi connectivity index (χ2n) is 7.08. The monoisotopic (exact) mass is 393 g/mol. The molecular weight excluding hydrogens is 370 g/mol. The van der Waals surface area contributed by atoms with Crippen LogP contribution < -0.4 is 16.4 Å². The van der Waals surface area contributed by atoms with Crippen molar-refractivity contribution in [3.8, 4) is 16.9 Å². The molecule has 4 rings (SSSR count). The summed E-state index contributed by atoms with van der Waals surface area (Å²) in [6.45, 7) is 3.33. The largest absolute Gasteiger partial charge is 0.472 e. The van der Waals surface area contributed by atoms with Gasteiger partial charge in [0.15, 0.2) is 0 Å². The summed E-state index contributed by atoms with van der Waals surface area (Å²) >= 11 is 0. The van der Waals surface area contributed by atoms with Gasteiger partial charge in [0.05, 0.1) is 41.7 Å². The van der Waals surface area contributed by atoms with Crippen LogP contribution in [0.1, 0.15) is 10.4 Å². The summed E-state index contributed by atoms with van der Waals surface area (Å²) in [5.74, 6) is -0.791. The minimum Gasteiger partial charge on any atom is -0.472 e. The molecule has 0 radical (unpaired) electrons. The number of piperazine rings is 1. The molecule has 4 N–H and O–H groups in total. The summed E-state index contributed by atoms with van der Waals surface area (Å²) in [4.78, 5) is 27.3. The molecule has 1 aliphatic heterocycles. The summed E-state index contributed by atoms with van der Waals surface area (Å²) in [7, 11) is 0. The van der Waals surface area contributed by atoms with Crippen LogP contribution in [-0.2, 0) is 4.79 Å². The van der Waals surface area contributed by atoms with Gasteiger partial charge in [-0.05, 0) is 24.3 Å². The fraction of sp³-hybridized carbons (Fsp3) is 0.238. The highest BCUT2D eigenvalue weighted by molar-refractivity contribution is 5.94. The molecule has 2 aromatic heterocycles. The molecular formula is C21H23N5O3. The molecule has 0 spiro atoms. The number of hydrogen-bond donors (Lipinski definition) is 2.